The van der Waals surface area contributed by atoms with Gasteiger partial charge >= 0.3 is 0 Å². The van der Waals surface area contributed by atoms with Crippen LogP contribution < -0.4 is 5.32 Å². The maximum Gasteiger partial charge on any atom is 0.193 e. The van der Waals surface area contributed by atoms with Crippen molar-refractivity contribution in [2.75, 3.05) is 20.1 Å². The third-order valence-electron chi connectivity index (χ3n) is 3.91. The van der Waals surface area contributed by atoms with Crippen LogP contribution in [0.3, 0.4) is 0 Å². The molecule has 0 aliphatic carbocycles. The predicted molar refractivity (Wildman–Crippen MR) is 85.9 cm³/mol. The minimum absolute atomic E-state index is 0.696. The molecule has 112 valence electrons. The van der Waals surface area contributed by atoms with Crippen LogP contribution in [0.1, 0.15) is 31.4 Å². The van der Waals surface area contributed by atoms with Crippen LogP contribution in [0.15, 0.2) is 29.3 Å². The molecule has 1 saturated heterocycles. The van der Waals surface area contributed by atoms with E-state index in [0.717, 1.165) is 31.2 Å². The molecule has 1 aliphatic rings. The van der Waals surface area contributed by atoms with Gasteiger partial charge in [-0.3, -0.25) is 4.99 Å². The maximum atomic E-state index is 8.81. The van der Waals surface area contributed by atoms with Crippen LogP contribution in [-0.2, 0) is 6.54 Å². The summed E-state index contributed by atoms with van der Waals surface area (Å²) in [6.45, 7) is 7.47. The van der Waals surface area contributed by atoms with E-state index in [4.69, 9.17) is 5.26 Å². The molecule has 2 atom stereocenters. The molecule has 2 rings (SSSR count). The first-order chi connectivity index (χ1) is 10.1. The molecule has 0 radical (unpaired) electrons. The van der Waals surface area contributed by atoms with Crippen molar-refractivity contribution in [3.8, 4) is 6.07 Å². The molecule has 4 heteroatoms. The minimum atomic E-state index is 0.696. The number of rotatable bonds is 2. The number of likely N-dealkylation sites (tertiary alicyclic amines) is 1. The van der Waals surface area contributed by atoms with Gasteiger partial charge in [-0.15, -0.1) is 0 Å². The molecule has 1 aromatic carbocycles. The molecule has 1 N–H and O–H groups in total. The molecule has 0 saturated carbocycles. The van der Waals surface area contributed by atoms with Crippen LogP contribution in [0.25, 0.3) is 0 Å². The largest absolute Gasteiger partial charge is 0.352 e. The molecule has 1 aliphatic heterocycles. The summed E-state index contributed by atoms with van der Waals surface area (Å²) in [5, 5.41) is 12.2. The van der Waals surface area contributed by atoms with E-state index in [1.54, 1.807) is 0 Å². The van der Waals surface area contributed by atoms with E-state index in [2.05, 4.69) is 35.1 Å². The van der Waals surface area contributed by atoms with E-state index in [1.165, 1.54) is 6.42 Å². The Bertz CT molecular complexity index is 517. The average Bonchev–Trinajstić information content (AvgIpc) is 2.47. The fourth-order valence-electron chi connectivity index (χ4n) is 3.05. The van der Waals surface area contributed by atoms with E-state index in [-0.39, 0.29) is 0 Å². The van der Waals surface area contributed by atoms with Gasteiger partial charge in [-0.05, 0) is 36.0 Å². The van der Waals surface area contributed by atoms with Gasteiger partial charge in [-0.1, -0.05) is 26.0 Å². The first kappa shape index (κ1) is 15.4. The summed E-state index contributed by atoms with van der Waals surface area (Å²) in [6.07, 6.45) is 1.29. The Morgan fingerprint density at radius 1 is 1.29 bits per heavy atom. The zero-order valence-electron chi connectivity index (χ0n) is 13.1. The van der Waals surface area contributed by atoms with Gasteiger partial charge in [0, 0.05) is 26.7 Å². The molecular weight excluding hydrogens is 260 g/mol. The summed E-state index contributed by atoms with van der Waals surface area (Å²) >= 11 is 0. The summed E-state index contributed by atoms with van der Waals surface area (Å²) in [6, 6.07) is 9.82. The highest BCUT2D eigenvalue weighted by molar-refractivity contribution is 5.80. The first-order valence-electron chi connectivity index (χ1n) is 7.57. The number of nitriles is 1. The molecular formula is C17H24N4. The number of aliphatic imine (C=N–C) groups is 1. The Labute approximate surface area is 127 Å². The molecule has 0 aromatic heterocycles. The van der Waals surface area contributed by atoms with Crippen LogP contribution in [0.4, 0.5) is 0 Å². The van der Waals surface area contributed by atoms with Crippen molar-refractivity contribution < 1.29 is 0 Å². The van der Waals surface area contributed by atoms with Crippen molar-refractivity contribution in [3.63, 3.8) is 0 Å². The van der Waals surface area contributed by atoms with Gasteiger partial charge < -0.3 is 10.2 Å². The van der Waals surface area contributed by atoms with Crippen molar-refractivity contribution in [1.82, 2.24) is 10.2 Å². The second kappa shape index (κ2) is 7.12. The maximum absolute atomic E-state index is 8.81. The Morgan fingerprint density at radius 2 is 1.90 bits per heavy atom. The summed E-state index contributed by atoms with van der Waals surface area (Å²) in [5.74, 6) is 2.39. The standard InChI is InChI=1S/C17H24N4/c1-13-8-14(2)12-21(11-13)17(19-3)20-10-16-6-4-15(9-18)5-7-16/h4-7,13-14H,8,10-12H2,1-3H3,(H,19,20). The second-order valence-electron chi connectivity index (χ2n) is 6.06. The number of guanidine groups is 1. The molecule has 1 heterocycles. The third-order valence-corrected chi connectivity index (χ3v) is 3.91. The molecule has 0 spiro atoms. The highest BCUT2D eigenvalue weighted by atomic mass is 15.3. The van der Waals surface area contributed by atoms with Gasteiger partial charge in [0.25, 0.3) is 0 Å². The third kappa shape index (κ3) is 4.22. The van der Waals surface area contributed by atoms with Gasteiger partial charge in [0.2, 0.25) is 0 Å². The van der Waals surface area contributed by atoms with Crippen molar-refractivity contribution in [1.29, 1.82) is 5.26 Å². The van der Waals surface area contributed by atoms with E-state index in [1.807, 2.05) is 31.3 Å². The summed E-state index contributed by atoms with van der Waals surface area (Å²) in [7, 11) is 1.84. The van der Waals surface area contributed by atoms with Crippen molar-refractivity contribution in [2.24, 2.45) is 16.8 Å². The van der Waals surface area contributed by atoms with E-state index in [9.17, 15) is 0 Å². The van der Waals surface area contributed by atoms with Crippen LogP contribution in [-0.4, -0.2) is 31.0 Å². The molecule has 2 unspecified atom stereocenters. The van der Waals surface area contributed by atoms with E-state index >= 15 is 0 Å². The number of piperidine rings is 1. The summed E-state index contributed by atoms with van der Waals surface area (Å²) in [5.41, 5.74) is 1.86. The molecule has 0 bridgehead atoms. The predicted octanol–water partition coefficient (Wildman–Crippen LogP) is 2.61. The number of hydrogen-bond acceptors (Lipinski definition) is 2. The SMILES string of the molecule is CN=C(NCc1ccc(C#N)cc1)N1CC(C)CC(C)C1. The van der Waals surface area contributed by atoms with Crippen LogP contribution >= 0.6 is 0 Å². The van der Waals surface area contributed by atoms with Gasteiger partial charge in [0.05, 0.1) is 11.6 Å². The monoisotopic (exact) mass is 284 g/mol. The molecule has 1 fully saturated rings. The lowest BCUT2D eigenvalue weighted by Gasteiger charge is -2.37. The topological polar surface area (TPSA) is 51.4 Å². The van der Waals surface area contributed by atoms with Crippen molar-refractivity contribution >= 4 is 5.96 Å². The quantitative estimate of drug-likeness (QED) is 0.671. The smallest absolute Gasteiger partial charge is 0.193 e. The highest BCUT2D eigenvalue weighted by Gasteiger charge is 2.23. The number of hydrogen-bond donors (Lipinski definition) is 1. The zero-order chi connectivity index (χ0) is 15.2. The van der Waals surface area contributed by atoms with E-state index in [0.29, 0.717) is 17.4 Å². The highest BCUT2D eigenvalue weighted by Crippen LogP contribution is 2.20. The summed E-state index contributed by atoms with van der Waals surface area (Å²) < 4.78 is 0. The Morgan fingerprint density at radius 3 is 2.43 bits per heavy atom. The number of nitrogens with one attached hydrogen (secondary N) is 1. The van der Waals surface area contributed by atoms with Crippen molar-refractivity contribution in [3.05, 3.63) is 35.4 Å². The number of nitrogens with zero attached hydrogens (tertiary/aromatic N) is 3. The van der Waals surface area contributed by atoms with Gasteiger partial charge in [0.1, 0.15) is 0 Å². The second-order valence-corrected chi connectivity index (χ2v) is 6.06. The molecule has 0 amide bonds. The van der Waals surface area contributed by atoms with Gasteiger partial charge in [-0.2, -0.15) is 5.26 Å². The van der Waals surface area contributed by atoms with Crippen LogP contribution in [0, 0.1) is 23.2 Å². The lowest BCUT2D eigenvalue weighted by molar-refractivity contribution is 0.208. The Hall–Kier alpha value is -2.02. The minimum Gasteiger partial charge on any atom is -0.352 e. The van der Waals surface area contributed by atoms with Gasteiger partial charge in [0.15, 0.2) is 5.96 Å². The summed E-state index contributed by atoms with van der Waals surface area (Å²) in [4.78, 5) is 6.76. The van der Waals surface area contributed by atoms with Crippen LogP contribution in [0.2, 0.25) is 0 Å². The lowest BCUT2D eigenvalue weighted by atomic mass is 9.92. The lowest BCUT2D eigenvalue weighted by Crippen LogP contribution is -2.48. The Kier molecular flexibility index (Phi) is 5.21. The molecule has 21 heavy (non-hydrogen) atoms. The van der Waals surface area contributed by atoms with Crippen molar-refractivity contribution in [2.45, 2.75) is 26.8 Å². The zero-order valence-corrected chi connectivity index (χ0v) is 13.1. The first-order valence-corrected chi connectivity index (χ1v) is 7.57. The van der Waals surface area contributed by atoms with Gasteiger partial charge in [-0.25, -0.2) is 0 Å². The Balaban J connectivity index is 1.94. The van der Waals surface area contributed by atoms with E-state index < -0.39 is 0 Å². The molecule has 1 aromatic rings. The van der Waals surface area contributed by atoms with Crippen LogP contribution in [0.5, 0.6) is 0 Å². The average molecular weight is 284 g/mol. The number of benzene rings is 1. The fourth-order valence-corrected chi connectivity index (χ4v) is 3.05. The molecule has 4 nitrogen and oxygen atoms in total. The fraction of sp³-hybridized carbons (Fsp3) is 0.529. The normalized spacial score (nSPS) is 22.8.